The van der Waals surface area contributed by atoms with Gasteiger partial charge in [-0.2, -0.15) is 5.11 Å². The molecule has 3 fully saturated rings. The number of amides is 1. The second-order valence-corrected chi connectivity index (χ2v) is 11.1. The highest BCUT2D eigenvalue weighted by Gasteiger charge is 2.63. The van der Waals surface area contributed by atoms with Gasteiger partial charge >= 0.3 is 0 Å². The van der Waals surface area contributed by atoms with Crippen molar-refractivity contribution in [2.75, 3.05) is 26.2 Å². The van der Waals surface area contributed by atoms with Gasteiger partial charge in [-0.05, 0) is 31.1 Å². The molecule has 160 valence electrons. The first kappa shape index (κ1) is 18.7. The third-order valence-corrected chi connectivity index (χ3v) is 8.11. The highest BCUT2D eigenvalue weighted by Crippen LogP contribution is 2.58. The van der Waals surface area contributed by atoms with E-state index in [4.69, 9.17) is 4.74 Å². The Morgan fingerprint density at radius 1 is 1.20 bits per heavy atom. The molecule has 2 aliphatic carbocycles. The van der Waals surface area contributed by atoms with Crippen LogP contribution >= 0.6 is 0 Å². The lowest BCUT2D eigenvalue weighted by molar-refractivity contribution is -0.161. The number of fused-ring (bicyclic) bond motifs is 2. The maximum atomic E-state index is 13.4. The molecule has 0 bridgehead atoms. The van der Waals surface area contributed by atoms with Crippen molar-refractivity contribution < 1.29 is 14.3 Å². The number of hydrogen-bond acceptors (Lipinski definition) is 6. The van der Waals surface area contributed by atoms with Crippen LogP contribution in [0.3, 0.4) is 0 Å². The lowest BCUT2D eigenvalue weighted by Gasteiger charge is -2.49. The van der Waals surface area contributed by atoms with E-state index in [0.717, 1.165) is 48.3 Å². The number of ketones is 1. The van der Waals surface area contributed by atoms with E-state index in [0.29, 0.717) is 38.6 Å². The zero-order valence-electron chi connectivity index (χ0n) is 17.9. The first-order chi connectivity index (χ1) is 14.3. The predicted octanol–water partition coefficient (Wildman–Crippen LogP) is 3.09. The summed E-state index contributed by atoms with van der Waals surface area (Å²) in [5.41, 5.74) is 2.19. The lowest BCUT2D eigenvalue weighted by Crippen LogP contribution is -2.64. The number of nitrogens with one attached hydrogen (secondary N) is 1. The van der Waals surface area contributed by atoms with Crippen LogP contribution in [0.25, 0.3) is 0 Å². The maximum Gasteiger partial charge on any atom is 0.225 e. The van der Waals surface area contributed by atoms with Crippen molar-refractivity contribution in [3.63, 3.8) is 0 Å². The Morgan fingerprint density at radius 2 is 1.97 bits per heavy atom. The van der Waals surface area contributed by atoms with Gasteiger partial charge < -0.3 is 15.0 Å². The summed E-state index contributed by atoms with van der Waals surface area (Å²) in [6.45, 7) is 6.62. The van der Waals surface area contributed by atoms with Crippen molar-refractivity contribution in [1.29, 1.82) is 0 Å². The number of likely N-dealkylation sites (tertiary alicyclic amines) is 1. The minimum atomic E-state index is -0.435. The molecule has 7 nitrogen and oxygen atoms in total. The third-order valence-electron chi connectivity index (χ3n) is 8.11. The van der Waals surface area contributed by atoms with Crippen LogP contribution in [0.5, 0.6) is 0 Å². The lowest BCUT2D eigenvalue weighted by atomic mass is 9.61. The summed E-state index contributed by atoms with van der Waals surface area (Å²) in [6.07, 6.45) is 6.54. The van der Waals surface area contributed by atoms with Crippen LogP contribution in [0.4, 0.5) is 0 Å². The van der Waals surface area contributed by atoms with E-state index in [1.807, 2.05) is 4.90 Å². The van der Waals surface area contributed by atoms with E-state index in [-0.39, 0.29) is 22.7 Å². The van der Waals surface area contributed by atoms with Crippen LogP contribution in [0, 0.1) is 16.7 Å². The summed E-state index contributed by atoms with van der Waals surface area (Å²) < 4.78 is 6.44. The molecule has 0 unspecified atom stereocenters. The van der Waals surface area contributed by atoms with Crippen molar-refractivity contribution in [2.45, 2.75) is 64.4 Å². The SMILES string of the molecule is CC1(C)CC(=O)C2=C(C1)NC1=C(CN=N1)[C@@]21COC2(CN(C(=O)C3CCCC3)C2)C1. The van der Waals surface area contributed by atoms with Gasteiger partial charge in [-0.1, -0.05) is 26.7 Å². The second kappa shape index (κ2) is 6.02. The Kier molecular flexibility index (Phi) is 3.76. The Hall–Kier alpha value is -2.02. The number of rotatable bonds is 1. The molecule has 0 aromatic rings. The van der Waals surface area contributed by atoms with Crippen molar-refractivity contribution in [2.24, 2.45) is 27.0 Å². The highest BCUT2D eigenvalue weighted by molar-refractivity contribution is 6.00. The van der Waals surface area contributed by atoms with Crippen LogP contribution in [-0.2, 0) is 14.3 Å². The van der Waals surface area contributed by atoms with Gasteiger partial charge in [-0.25, -0.2) is 0 Å². The Bertz CT molecular complexity index is 934. The number of hydrogen-bond donors (Lipinski definition) is 1. The van der Waals surface area contributed by atoms with Crippen LogP contribution in [0.1, 0.15) is 58.8 Å². The van der Waals surface area contributed by atoms with Crippen LogP contribution < -0.4 is 5.32 Å². The summed E-state index contributed by atoms with van der Waals surface area (Å²) in [7, 11) is 0. The van der Waals surface area contributed by atoms with Gasteiger partial charge in [0.15, 0.2) is 11.6 Å². The van der Waals surface area contributed by atoms with Gasteiger partial charge in [0.2, 0.25) is 5.91 Å². The minimum Gasteiger partial charge on any atom is -0.370 e. The number of carbonyl (C=O) groups excluding carboxylic acids is 2. The molecule has 6 rings (SSSR count). The molecule has 0 radical (unpaired) electrons. The number of dihydropyridines is 1. The number of carbonyl (C=O) groups is 2. The normalized spacial score (nSPS) is 33.9. The molecule has 7 heteroatoms. The predicted molar refractivity (Wildman–Crippen MR) is 109 cm³/mol. The minimum absolute atomic E-state index is 0.0595. The topological polar surface area (TPSA) is 83.4 Å². The monoisotopic (exact) mass is 410 g/mol. The number of nitrogens with zero attached hydrogens (tertiary/aromatic N) is 3. The van der Waals surface area contributed by atoms with E-state index in [1.165, 1.54) is 12.8 Å². The molecule has 30 heavy (non-hydrogen) atoms. The Morgan fingerprint density at radius 3 is 2.73 bits per heavy atom. The molecule has 4 heterocycles. The summed E-state index contributed by atoms with van der Waals surface area (Å²) >= 11 is 0. The maximum absolute atomic E-state index is 13.4. The van der Waals surface area contributed by atoms with Crippen LogP contribution in [-0.4, -0.2) is 48.4 Å². The summed E-state index contributed by atoms with van der Waals surface area (Å²) in [5, 5.41) is 12.1. The largest absolute Gasteiger partial charge is 0.370 e. The second-order valence-electron chi connectivity index (χ2n) is 11.1. The van der Waals surface area contributed by atoms with Gasteiger partial charge in [0.05, 0.1) is 31.7 Å². The van der Waals surface area contributed by atoms with E-state index < -0.39 is 5.41 Å². The zero-order valence-corrected chi connectivity index (χ0v) is 17.9. The van der Waals surface area contributed by atoms with Gasteiger partial charge in [-0.15, -0.1) is 5.11 Å². The van der Waals surface area contributed by atoms with Gasteiger partial charge in [0.1, 0.15) is 5.60 Å². The number of ether oxygens (including phenoxy) is 1. The van der Waals surface area contributed by atoms with E-state index >= 15 is 0 Å². The fourth-order valence-electron chi connectivity index (χ4n) is 6.79. The summed E-state index contributed by atoms with van der Waals surface area (Å²) in [6, 6.07) is 0. The highest BCUT2D eigenvalue weighted by atomic mass is 16.5. The molecule has 1 amide bonds. The molecule has 1 N–H and O–H groups in total. The van der Waals surface area contributed by atoms with Crippen molar-refractivity contribution in [3.05, 3.63) is 22.7 Å². The standard InChI is InChI=1S/C23H30N4O3/c1-21(2)7-16-18(17(28)8-21)23(15-9-24-26-19(15)25-16)10-22(30-13-23)11-27(12-22)20(29)14-5-3-4-6-14/h14,25H,3-13H2,1-2H3/t23-/m1/s1. The summed E-state index contributed by atoms with van der Waals surface area (Å²) in [4.78, 5) is 28.2. The fraction of sp³-hybridized carbons (Fsp3) is 0.739. The van der Waals surface area contributed by atoms with Crippen molar-refractivity contribution >= 4 is 11.7 Å². The molecular formula is C23H30N4O3. The molecule has 1 atom stereocenters. The zero-order chi connectivity index (χ0) is 20.7. The quantitative estimate of drug-likeness (QED) is 0.720. The average Bonchev–Trinajstić information content (AvgIpc) is 3.38. The Labute approximate surface area is 177 Å². The van der Waals surface area contributed by atoms with E-state index in [2.05, 4.69) is 29.4 Å². The molecule has 2 saturated heterocycles. The van der Waals surface area contributed by atoms with E-state index in [1.54, 1.807) is 0 Å². The van der Waals surface area contributed by atoms with E-state index in [9.17, 15) is 9.59 Å². The number of azo groups is 1. The van der Waals surface area contributed by atoms with Crippen molar-refractivity contribution in [1.82, 2.24) is 10.2 Å². The Balaban J connectivity index is 1.30. The average molecular weight is 411 g/mol. The molecule has 0 aromatic carbocycles. The molecular weight excluding hydrogens is 380 g/mol. The van der Waals surface area contributed by atoms with Gasteiger partial charge in [0.25, 0.3) is 0 Å². The molecule has 6 aliphatic rings. The smallest absolute Gasteiger partial charge is 0.225 e. The van der Waals surface area contributed by atoms with Gasteiger partial charge in [0, 0.05) is 29.2 Å². The van der Waals surface area contributed by atoms with Crippen LogP contribution in [0.15, 0.2) is 32.9 Å². The molecule has 1 saturated carbocycles. The van der Waals surface area contributed by atoms with Gasteiger partial charge in [-0.3, -0.25) is 9.59 Å². The summed E-state index contributed by atoms with van der Waals surface area (Å²) in [5.74, 6) is 1.55. The molecule has 2 spiro atoms. The fourth-order valence-corrected chi connectivity index (χ4v) is 6.79. The molecule has 4 aliphatic heterocycles. The van der Waals surface area contributed by atoms with Crippen molar-refractivity contribution in [3.8, 4) is 0 Å². The van der Waals surface area contributed by atoms with Crippen LogP contribution in [0.2, 0.25) is 0 Å². The first-order valence-electron chi connectivity index (χ1n) is 11.4. The number of Topliss-reactive ketones (excluding diaryl/α,β-unsaturated/α-hetero) is 1. The third kappa shape index (κ3) is 2.53. The first-order valence-corrected chi connectivity index (χ1v) is 11.4. The number of allylic oxidation sites excluding steroid dienone is 1. The molecule has 0 aromatic heterocycles.